The number of rotatable bonds is 4. The van der Waals surface area contributed by atoms with E-state index in [1.807, 2.05) is 19.1 Å². The summed E-state index contributed by atoms with van der Waals surface area (Å²) in [6.07, 6.45) is 3.06. The molecule has 0 unspecified atom stereocenters. The fourth-order valence-electron chi connectivity index (χ4n) is 2.11. The molecule has 1 fully saturated rings. The molecular formula is C14H20N2O3. The van der Waals surface area contributed by atoms with E-state index in [9.17, 15) is 9.90 Å². The van der Waals surface area contributed by atoms with Crippen molar-refractivity contribution < 1.29 is 14.6 Å². The van der Waals surface area contributed by atoms with Crippen molar-refractivity contribution in [3.8, 4) is 0 Å². The first kappa shape index (κ1) is 14.0. The number of aromatic nitrogens is 1. The molecule has 1 amide bonds. The lowest BCUT2D eigenvalue weighted by atomic mass is 9.94. The molecule has 2 rings (SSSR count). The summed E-state index contributed by atoms with van der Waals surface area (Å²) < 4.78 is 5.20. The van der Waals surface area contributed by atoms with Crippen molar-refractivity contribution in [2.75, 3.05) is 19.8 Å². The van der Waals surface area contributed by atoms with E-state index in [0.717, 1.165) is 11.3 Å². The summed E-state index contributed by atoms with van der Waals surface area (Å²) in [5.41, 5.74) is 0.953. The maximum Gasteiger partial charge on any atom is 0.226 e. The van der Waals surface area contributed by atoms with Gasteiger partial charge in [0, 0.05) is 38.8 Å². The van der Waals surface area contributed by atoms with Crippen LogP contribution in [0.1, 0.15) is 24.1 Å². The minimum Gasteiger partial charge on any atom is -0.388 e. The molecule has 0 spiro atoms. The molecule has 5 nitrogen and oxygen atoms in total. The molecule has 0 radical (unpaired) electrons. The van der Waals surface area contributed by atoms with Crippen molar-refractivity contribution in [1.29, 1.82) is 0 Å². The van der Waals surface area contributed by atoms with Crippen molar-refractivity contribution in [1.82, 2.24) is 10.3 Å². The monoisotopic (exact) mass is 264 g/mol. The molecular weight excluding hydrogens is 244 g/mol. The first-order chi connectivity index (χ1) is 9.09. The highest BCUT2D eigenvalue weighted by atomic mass is 16.5. The SMILES string of the molecule is Cc1cccnc1CC(=O)NCC1(O)CCOCC1. The van der Waals surface area contributed by atoms with Gasteiger partial charge in [-0.2, -0.15) is 0 Å². The largest absolute Gasteiger partial charge is 0.388 e. The van der Waals surface area contributed by atoms with E-state index in [1.165, 1.54) is 0 Å². The molecule has 2 N–H and O–H groups in total. The highest BCUT2D eigenvalue weighted by Gasteiger charge is 2.30. The van der Waals surface area contributed by atoms with Crippen LogP contribution in [0.15, 0.2) is 18.3 Å². The number of pyridine rings is 1. The number of amides is 1. The summed E-state index contributed by atoms with van der Waals surface area (Å²) in [6, 6.07) is 3.78. The second kappa shape index (κ2) is 6.12. The van der Waals surface area contributed by atoms with E-state index >= 15 is 0 Å². The summed E-state index contributed by atoms with van der Waals surface area (Å²) >= 11 is 0. The molecule has 0 bridgehead atoms. The zero-order chi connectivity index (χ0) is 13.7. The van der Waals surface area contributed by atoms with E-state index in [-0.39, 0.29) is 18.9 Å². The topological polar surface area (TPSA) is 71.5 Å². The first-order valence-electron chi connectivity index (χ1n) is 6.56. The van der Waals surface area contributed by atoms with Gasteiger partial charge in [0.25, 0.3) is 0 Å². The molecule has 0 saturated carbocycles. The van der Waals surface area contributed by atoms with Crippen LogP contribution < -0.4 is 5.32 Å². The molecule has 5 heteroatoms. The number of nitrogens with zero attached hydrogens (tertiary/aromatic N) is 1. The van der Waals surface area contributed by atoms with Crippen molar-refractivity contribution in [3.63, 3.8) is 0 Å². The third kappa shape index (κ3) is 4.01. The van der Waals surface area contributed by atoms with E-state index in [4.69, 9.17) is 4.74 Å². The van der Waals surface area contributed by atoms with E-state index in [0.29, 0.717) is 26.1 Å². The second-order valence-corrected chi connectivity index (χ2v) is 5.06. The standard InChI is InChI=1S/C14H20N2O3/c1-11-3-2-6-15-12(11)9-13(17)16-10-14(18)4-7-19-8-5-14/h2-3,6,18H,4-5,7-10H2,1H3,(H,16,17). The predicted octanol–water partition coefficient (Wildman–Crippen LogP) is 0.590. The van der Waals surface area contributed by atoms with Gasteiger partial charge in [0.15, 0.2) is 0 Å². The number of hydrogen-bond acceptors (Lipinski definition) is 4. The van der Waals surface area contributed by atoms with E-state index in [1.54, 1.807) is 6.20 Å². The highest BCUT2D eigenvalue weighted by molar-refractivity contribution is 5.78. The third-order valence-corrected chi connectivity index (χ3v) is 3.48. The lowest BCUT2D eigenvalue weighted by molar-refractivity contribution is -0.123. The fraction of sp³-hybridized carbons (Fsp3) is 0.571. The van der Waals surface area contributed by atoms with Crippen molar-refractivity contribution in [2.24, 2.45) is 0 Å². The number of aryl methyl sites for hydroxylation is 1. The lowest BCUT2D eigenvalue weighted by Gasteiger charge is -2.32. The van der Waals surface area contributed by atoms with Crippen LogP contribution in [0, 0.1) is 6.92 Å². The number of ether oxygens (including phenoxy) is 1. The number of hydrogen-bond donors (Lipinski definition) is 2. The van der Waals surface area contributed by atoms with Crippen molar-refractivity contribution >= 4 is 5.91 Å². The van der Waals surface area contributed by atoms with Gasteiger partial charge in [-0.05, 0) is 18.6 Å². The molecule has 1 aromatic rings. The minimum absolute atomic E-state index is 0.110. The Balaban J connectivity index is 1.83. The average Bonchev–Trinajstić information content (AvgIpc) is 2.40. The molecule has 0 atom stereocenters. The molecule has 1 aliphatic rings. The lowest BCUT2D eigenvalue weighted by Crippen LogP contribution is -2.47. The first-order valence-corrected chi connectivity index (χ1v) is 6.56. The summed E-state index contributed by atoms with van der Waals surface area (Å²) in [5.74, 6) is -0.110. The van der Waals surface area contributed by atoms with Gasteiger partial charge in [-0.15, -0.1) is 0 Å². The van der Waals surface area contributed by atoms with Crippen LogP contribution in [0.25, 0.3) is 0 Å². The van der Waals surface area contributed by atoms with Gasteiger partial charge in [-0.25, -0.2) is 0 Å². The quantitative estimate of drug-likeness (QED) is 0.835. The Morgan fingerprint density at radius 3 is 2.95 bits per heavy atom. The van der Waals surface area contributed by atoms with Crippen molar-refractivity contribution in [2.45, 2.75) is 31.8 Å². The Labute approximate surface area is 113 Å². The Kier molecular flexibility index (Phi) is 4.50. The molecule has 2 heterocycles. The van der Waals surface area contributed by atoms with Gasteiger partial charge in [0.1, 0.15) is 0 Å². The Hall–Kier alpha value is -1.46. The summed E-state index contributed by atoms with van der Waals surface area (Å²) in [7, 11) is 0. The van der Waals surface area contributed by atoms with Crippen LogP contribution in [0.2, 0.25) is 0 Å². The summed E-state index contributed by atoms with van der Waals surface area (Å²) in [4.78, 5) is 16.0. The molecule has 0 aromatic carbocycles. The maximum atomic E-state index is 11.9. The van der Waals surface area contributed by atoms with E-state index in [2.05, 4.69) is 10.3 Å². The Morgan fingerprint density at radius 2 is 2.26 bits per heavy atom. The molecule has 1 aliphatic heterocycles. The molecule has 104 valence electrons. The zero-order valence-electron chi connectivity index (χ0n) is 11.2. The molecule has 1 saturated heterocycles. The average molecular weight is 264 g/mol. The predicted molar refractivity (Wildman–Crippen MR) is 70.7 cm³/mol. The van der Waals surface area contributed by atoms with Gasteiger partial charge >= 0.3 is 0 Å². The van der Waals surface area contributed by atoms with Crippen LogP contribution >= 0.6 is 0 Å². The molecule has 19 heavy (non-hydrogen) atoms. The number of nitrogens with one attached hydrogen (secondary N) is 1. The summed E-state index contributed by atoms with van der Waals surface area (Å²) in [5, 5.41) is 13.0. The Bertz CT molecular complexity index is 442. The minimum atomic E-state index is -0.826. The normalized spacial score (nSPS) is 18.0. The van der Waals surface area contributed by atoms with E-state index < -0.39 is 5.60 Å². The zero-order valence-corrected chi connectivity index (χ0v) is 11.2. The fourth-order valence-corrected chi connectivity index (χ4v) is 2.11. The van der Waals surface area contributed by atoms with Crippen LogP contribution in [-0.4, -0.2) is 41.4 Å². The van der Waals surface area contributed by atoms with Gasteiger partial charge in [0.05, 0.1) is 17.7 Å². The third-order valence-electron chi connectivity index (χ3n) is 3.48. The molecule has 1 aromatic heterocycles. The number of aliphatic hydroxyl groups is 1. The summed E-state index contributed by atoms with van der Waals surface area (Å²) in [6.45, 7) is 3.31. The van der Waals surface area contributed by atoms with Gasteiger partial charge in [-0.1, -0.05) is 6.07 Å². The smallest absolute Gasteiger partial charge is 0.226 e. The number of carbonyl (C=O) groups excluding carboxylic acids is 1. The number of carbonyl (C=O) groups is 1. The molecule has 0 aliphatic carbocycles. The van der Waals surface area contributed by atoms with Gasteiger partial charge < -0.3 is 15.2 Å². The van der Waals surface area contributed by atoms with Crippen LogP contribution in [0.5, 0.6) is 0 Å². The van der Waals surface area contributed by atoms with Crippen LogP contribution in [-0.2, 0) is 16.0 Å². The maximum absolute atomic E-state index is 11.9. The second-order valence-electron chi connectivity index (χ2n) is 5.06. The highest BCUT2D eigenvalue weighted by Crippen LogP contribution is 2.19. The van der Waals surface area contributed by atoms with Gasteiger partial charge in [-0.3, -0.25) is 9.78 Å². The van der Waals surface area contributed by atoms with Gasteiger partial charge in [0.2, 0.25) is 5.91 Å². The van der Waals surface area contributed by atoms with Crippen molar-refractivity contribution in [3.05, 3.63) is 29.6 Å². The van der Waals surface area contributed by atoms with Crippen LogP contribution in [0.3, 0.4) is 0 Å². The van der Waals surface area contributed by atoms with Crippen LogP contribution in [0.4, 0.5) is 0 Å². The Morgan fingerprint density at radius 1 is 1.53 bits per heavy atom.